The molecule has 1 N–H and O–H groups in total. The summed E-state index contributed by atoms with van der Waals surface area (Å²) in [6.07, 6.45) is 5.04. The SMILES string of the molecule is CC(C)(C)c1cccc2nc(COc3ccc(Cl)cc3)n(CCCC3CCNCC3)c12. The lowest BCUT2D eigenvalue weighted by atomic mass is 9.86. The summed E-state index contributed by atoms with van der Waals surface area (Å²) in [6.45, 7) is 10.6. The molecular formula is C26H34ClN3O. The molecule has 4 nitrogen and oxygen atoms in total. The van der Waals surface area contributed by atoms with Gasteiger partial charge in [0.1, 0.15) is 18.2 Å². The fraction of sp³-hybridized carbons (Fsp3) is 0.500. The van der Waals surface area contributed by atoms with Gasteiger partial charge >= 0.3 is 0 Å². The number of fused-ring (bicyclic) bond motifs is 1. The second-order valence-electron chi connectivity index (χ2n) is 9.68. The minimum absolute atomic E-state index is 0.0562. The minimum atomic E-state index is 0.0562. The quantitative estimate of drug-likeness (QED) is 0.466. The summed E-state index contributed by atoms with van der Waals surface area (Å²) in [7, 11) is 0. The first-order chi connectivity index (χ1) is 14.9. The van der Waals surface area contributed by atoms with Crippen molar-refractivity contribution in [2.75, 3.05) is 13.1 Å². The smallest absolute Gasteiger partial charge is 0.148 e. The number of nitrogens with one attached hydrogen (secondary N) is 1. The molecule has 0 spiro atoms. The van der Waals surface area contributed by atoms with E-state index in [4.69, 9.17) is 21.3 Å². The summed E-state index contributed by atoms with van der Waals surface area (Å²) in [6, 6.07) is 14.0. The second kappa shape index (κ2) is 9.62. The number of imidazole rings is 1. The van der Waals surface area contributed by atoms with Crippen LogP contribution in [0, 0.1) is 5.92 Å². The Bertz CT molecular complexity index is 998. The van der Waals surface area contributed by atoms with Gasteiger partial charge in [-0.3, -0.25) is 0 Å². The summed E-state index contributed by atoms with van der Waals surface area (Å²) in [5.74, 6) is 2.65. The van der Waals surface area contributed by atoms with Gasteiger partial charge in [0, 0.05) is 11.6 Å². The molecule has 5 heteroatoms. The number of hydrogen-bond donors (Lipinski definition) is 1. The number of benzene rings is 2. The zero-order valence-corrected chi connectivity index (χ0v) is 19.7. The third-order valence-electron chi connectivity index (χ3n) is 6.29. The van der Waals surface area contributed by atoms with Gasteiger partial charge in [0.05, 0.1) is 11.0 Å². The van der Waals surface area contributed by atoms with E-state index in [0.29, 0.717) is 11.6 Å². The molecule has 0 atom stereocenters. The molecule has 1 fully saturated rings. The van der Waals surface area contributed by atoms with Crippen molar-refractivity contribution in [3.05, 3.63) is 58.9 Å². The van der Waals surface area contributed by atoms with Crippen LogP contribution in [0.2, 0.25) is 5.02 Å². The van der Waals surface area contributed by atoms with E-state index in [9.17, 15) is 0 Å². The number of ether oxygens (including phenoxy) is 1. The van der Waals surface area contributed by atoms with E-state index >= 15 is 0 Å². The fourth-order valence-corrected chi connectivity index (χ4v) is 4.70. The van der Waals surface area contributed by atoms with Crippen molar-refractivity contribution in [3.8, 4) is 5.75 Å². The van der Waals surface area contributed by atoms with Crippen LogP contribution in [0.15, 0.2) is 42.5 Å². The summed E-state index contributed by atoms with van der Waals surface area (Å²) in [4.78, 5) is 4.99. The average molecular weight is 440 g/mol. The molecule has 1 aliphatic heterocycles. The van der Waals surface area contributed by atoms with E-state index in [1.807, 2.05) is 24.3 Å². The van der Waals surface area contributed by atoms with E-state index in [-0.39, 0.29) is 5.41 Å². The molecule has 0 aliphatic carbocycles. The standard InChI is InChI=1S/C26H34ClN3O/c1-26(2,3)22-7-4-8-23-25(22)30(17-5-6-19-13-15-28-16-14-19)24(29-23)18-31-21-11-9-20(27)10-12-21/h4,7-12,19,28H,5-6,13-18H2,1-3H3. The van der Waals surface area contributed by atoms with E-state index in [2.05, 4.69) is 48.9 Å². The molecule has 1 saturated heterocycles. The van der Waals surface area contributed by atoms with Crippen molar-refractivity contribution in [2.45, 2.75) is 65.0 Å². The number of nitrogens with zero attached hydrogens (tertiary/aromatic N) is 2. The van der Waals surface area contributed by atoms with Gasteiger partial charge in [-0.05, 0) is 86.0 Å². The van der Waals surface area contributed by atoms with Crippen molar-refractivity contribution < 1.29 is 4.74 Å². The van der Waals surface area contributed by atoms with Crippen LogP contribution in [0.1, 0.15) is 57.8 Å². The van der Waals surface area contributed by atoms with Gasteiger partial charge in [-0.15, -0.1) is 0 Å². The number of piperidine rings is 1. The largest absolute Gasteiger partial charge is 0.486 e. The highest BCUT2D eigenvalue weighted by Gasteiger charge is 2.22. The summed E-state index contributed by atoms with van der Waals surface area (Å²) in [5.41, 5.74) is 3.72. The van der Waals surface area contributed by atoms with Gasteiger partial charge < -0.3 is 14.6 Å². The summed E-state index contributed by atoms with van der Waals surface area (Å²) in [5, 5.41) is 4.19. The molecule has 2 heterocycles. The Morgan fingerprint density at radius 1 is 1.10 bits per heavy atom. The molecule has 31 heavy (non-hydrogen) atoms. The Kier molecular flexibility index (Phi) is 6.88. The Hall–Kier alpha value is -2.04. The van der Waals surface area contributed by atoms with Crippen molar-refractivity contribution in [2.24, 2.45) is 5.92 Å². The zero-order valence-electron chi connectivity index (χ0n) is 19.0. The van der Waals surface area contributed by atoms with E-state index in [1.54, 1.807) is 0 Å². The summed E-state index contributed by atoms with van der Waals surface area (Å²) >= 11 is 6.01. The number of para-hydroxylation sites is 1. The first kappa shape index (κ1) is 22.2. The highest BCUT2D eigenvalue weighted by molar-refractivity contribution is 6.30. The molecule has 0 bridgehead atoms. The minimum Gasteiger partial charge on any atom is -0.486 e. The van der Waals surface area contributed by atoms with Crippen LogP contribution in [0.25, 0.3) is 11.0 Å². The monoisotopic (exact) mass is 439 g/mol. The van der Waals surface area contributed by atoms with Crippen LogP contribution in [-0.2, 0) is 18.6 Å². The molecule has 0 unspecified atom stereocenters. The lowest BCUT2D eigenvalue weighted by Crippen LogP contribution is -2.27. The van der Waals surface area contributed by atoms with Crippen molar-refractivity contribution >= 4 is 22.6 Å². The maximum absolute atomic E-state index is 6.09. The Balaban J connectivity index is 1.60. The number of rotatable bonds is 7. The summed E-state index contributed by atoms with van der Waals surface area (Å²) < 4.78 is 8.50. The molecule has 2 aromatic carbocycles. The van der Waals surface area contributed by atoms with Crippen LogP contribution < -0.4 is 10.1 Å². The topological polar surface area (TPSA) is 39.1 Å². The van der Waals surface area contributed by atoms with Crippen LogP contribution in [0.3, 0.4) is 0 Å². The van der Waals surface area contributed by atoms with Crippen LogP contribution >= 0.6 is 11.6 Å². The predicted octanol–water partition coefficient (Wildman–Crippen LogP) is 6.35. The molecule has 0 radical (unpaired) electrons. The van der Waals surface area contributed by atoms with Gasteiger partial charge in [-0.1, -0.05) is 44.5 Å². The molecule has 4 rings (SSSR count). The van der Waals surface area contributed by atoms with E-state index in [0.717, 1.165) is 42.6 Å². The van der Waals surface area contributed by atoms with Crippen LogP contribution in [0.5, 0.6) is 5.75 Å². The van der Waals surface area contributed by atoms with E-state index < -0.39 is 0 Å². The predicted molar refractivity (Wildman–Crippen MR) is 129 cm³/mol. The number of aryl methyl sites for hydroxylation is 1. The maximum Gasteiger partial charge on any atom is 0.148 e. The highest BCUT2D eigenvalue weighted by Crippen LogP contribution is 2.32. The molecule has 3 aromatic rings. The second-order valence-corrected chi connectivity index (χ2v) is 10.1. The lowest BCUT2D eigenvalue weighted by molar-refractivity contribution is 0.287. The normalized spacial score (nSPS) is 15.5. The zero-order chi connectivity index (χ0) is 21.8. The van der Waals surface area contributed by atoms with Crippen molar-refractivity contribution in [1.82, 2.24) is 14.9 Å². The Labute approximate surface area is 191 Å². The Morgan fingerprint density at radius 3 is 2.55 bits per heavy atom. The van der Waals surface area contributed by atoms with Gasteiger partial charge in [0.25, 0.3) is 0 Å². The average Bonchev–Trinajstić information content (AvgIpc) is 3.11. The molecule has 0 amide bonds. The molecule has 1 aromatic heterocycles. The third kappa shape index (κ3) is 5.42. The number of hydrogen-bond acceptors (Lipinski definition) is 3. The van der Waals surface area contributed by atoms with Crippen LogP contribution in [-0.4, -0.2) is 22.6 Å². The lowest BCUT2D eigenvalue weighted by Gasteiger charge is -2.24. The molecule has 0 saturated carbocycles. The van der Waals surface area contributed by atoms with Gasteiger partial charge in [-0.25, -0.2) is 4.98 Å². The maximum atomic E-state index is 6.09. The first-order valence-corrected chi connectivity index (χ1v) is 11.9. The number of halogens is 1. The molecule has 1 aliphatic rings. The van der Waals surface area contributed by atoms with Crippen molar-refractivity contribution in [1.29, 1.82) is 0 Å². The van der Waals surface area contributed by atoms with Crippen molar-refractivity contribution in [3.63, 3.8) is 0 Å². The van der Waals surface area contributed by atoms with E-state index in [1.165, 1.54) is 36.8 Å². The fourth-order valence-electron chi connectivity index (χ4n) is 4.58. The van der Waals surface area contributed by atoms with Gasteiger partial charge in [0.2, 0.25) is 0 Å². The van der Waals surface area contributed by atoms with Gasteiger partial charge in [-0.2, -0.15) is 0 Å². The Morgan fingerprint density at radius 2 is 1.84 bits per heavy atom. The highest BCUT2D eigenvalue weighted by atomic mass is 35.5. The molecule has 166 valence electrons. The number of aromatic nitrogens is 2. The van der Waals surface area contributed by atoms with Gasteiger partial charge in [0.15, 0.2) is 0 Å². The third-order valence-corrected chi connectivity index (χ3v) is 6.54. The molecular weight excluding hydrogens is 406 g/mol. The first-order valence-electron chi connectivity index (χ1n) is 11.5. The van der Waals surface area contributed by atoms with Crippen LogP contribution in [0.4, 0.5) is 0 Å².